The zero-order chi connectivity index (χ0) is 13.3. The van der Waals surface area contributed by atoms with Gasteiger partial charge in [-0.15, -0.1) is 0 Å². The van der Waals surface area contributed by atoms with Crippen LogP contribution in [-0.4, -0.2) is 33.9 Å². The molecule has 1 fully saturated rings. The van der Waals surface area contributed by atoms with Gasteiger partial charge in [-0.25, -0.2) is 0 Å². The van der Waals surface area contributed by atoms with E-state index in [4.69, 9.17) is 10.8 Å². The minimum atomic E-state index is -0.253. The maximum absolute atomic E-state index is 11.9. The molecule has 0 saturated heterocycles. The molecular formula is C12H20N4O2. The third-order valence-corrected chi connectivity index (χ3v) is 3.39. The lowest BCUT2D eigenvalue weighted by molar-refractivity contribution is 0.0420. The lowest BCUT2D eigenvalue weighted by Crippen LogP contribution is -2.38. The molecule has 1 aromatic rings. The van der Waals surface area contributed by atoms with Crippen molar-refractivity contribution in [2.75, 3.05) is 12.3 Å². The van der Waals surface area contributed by atoms with Gasteiger partial charge in [0.25, 0.3) is 5.91 Å². The Labute approximate surface area is 106 Å². The minimum Gasteiger partial charge on any atom is -0.395 e. The van der Waals surface area contributed by atoms with E-state index in [0.717, 1.165) is 18.5 Å². The van der Waals surface area contributed by atoms with Gasteiger partial charge in [-0.3, -0.25) is 9.89 Å². The number of aliphatic hydroxyl groups is 1. The SMILES string of the molecule is CC(C)c1[nH]nc(C(=O)NCC2CC(O)C2)c1N. The summed E-state index contributed by atoms with van der Waals surface area (Å²) >= 11 is 0. The van der Waals surface area contributed by atoms with Crippen LogP contribution in [0.15, 0.2) is 0 Å². The molecule has 18 heavy (non-hydrogen) atoms. The van der Waals surface area contributed by atoms with Crippen LogP contribution in [0.2, 0.25) is 0 Å². The third-order valence-electron chi connectivity index (χ3n) is 3.39. The molecule has 1 aromatic heterocycles. The summed E-state index contributed by atoms with van der Waals surface area (Å²) in [5.74, 6) is 0.326. The monoisotopic (exact) mass is 252 g/mol. The lowest BCUT2D eigenvalue weighted by atomic mass is 9.82. The predicted molar refractivity (Wildman–Crippen MR) is 68.2 cm³/mol. The highest BCUT2D eigenvalue weighted by molar-refractivity contribution is 5.97. The molecule has 1 amide bonds. The first-order chi connectivity index (χ1) is 8.49. The molecule has 0 spiro atoms. The molecule has 0 aromatic carbocycles. The maximum atomic E-state index is 11.9. The van der Waals surface area contributed by atoms with Gasteiger partial charge in [-0.2, -0.15) is 5.10 Å². The number of rotatable bonds is 4. The van der Waals surface area contributed by atoms with Gasteiger partial charge in [-0.1, -0.05) is 13.8 Å². The first-order valence-electron chi connectivity index (χ1n) is 6.29. The lowest BCUT2D eigenvalue weighted by Gasteiger charge is -2.31. The van der Waals surface area contributed by atoms with E-state index < -0.39 is 0 Å². The van der Waals surface area contributed by atoms with E-state index in [1.807, 2.05) is 13.8 Å². The maximum Gasteiger partial charge on any atom is 0.273 e. The number of amides is 1. The van der Waals surface area contributed by atoms with Gasteiger partial charge in [0.05, 0.1) is 17.5 Å². The fourth-order valence-corrected chi connectivity index (χ4v) is 2.17. The summed E-state index contributed by atoms with van der Waals surface area (Å²) in [5, 5.41) is 18.7. The van der Waals surface area contributed by atoms with Gasteiger partial charge in [0.2, 0.25) is 0 Å². The number of nitrogens with zero attached hydrogens (tertiary/aromatic N) is 1. The van der Waals surface area contributed by atoms with Crippen molar-refractivity contribution in [3.05, 3.63) is 11.4 Å². The number of carbonyl (C=O) groups is 1. The van der Waals surface area contributed by atoms with Crippen LogP contribution in [0, 0.1) is 5.92 Å². The zero-order valence-corrected chi connectivity index (χ0v) is 10.7. The van der Waals surface area contributed by atoms with Gasteiger partial charge >= 0.3 is 0 Å². The highest BCUT2D eigenvalue weighted by Gasteiger charge is 2.28. The van der Waals surface area contributed by atoms with Crippen molar-refractivity contribution in [2.24, 2.45) is 5.92 Å². The summed E-state index contributed by atoms with van der Waals surface area (Å²) in [6.45, 7) is 4.54. The fraction of sp³-hybridized carbons (Fsp3) is 0.667. The van der Waals surface area contributed by atoms with Crippen LogP contribution in [0.3, 0.4) is 0 Å². The Hall–Kier alpha value is -1.56. The average molecular weight is 252 g/mol. The summed E-state index contributed by atoms with van der Waals surface area (Å²) in [7, 11) is 0. The zero-order valence-electron chi connectivity index (χ0n) is 10.7. The summed E-state index contributed by atoms with van der Waals surface area (Å²) in [6.07, 6.45) is 1.32. The number of carbonyl (C=O) groups excluding carboxylic acids is 1. The first kappa shape index (κ1) is 12.9. The van der Waals surface area contributed by atoms with Gasteiger partial charge < -0.3 is 16.2 Å². The molecule has 1 saturated carbocycles. The second-order valence-electron chi connectivity index (χ2n) is 5.26. The van der Waals surface area contributed by atoms with Gasteiger partial charge in [0.1, 0.15) is 0 Å². The van der Waals surface area contributed by atoms with Crippen molar-refractivity contribution in [3.8, 4) is 0 Å². The molecule has 1 aliphatic rings. The summed E-state index contributed by atoms with van der Waals surface area (Å²) in [6, 6.07) is 0. The van der Waals surface area contributed by atoms with Gasteiger partial charge in [0.15, 0.2) is 5.69 Å². The molecule has 6 heteroatoms. The molecule has 2 rings (SSSR count). The van der Waals surface area contributed by atoms with Crippen LogP contribution in [0.25, 0.3) is 0 Å². The quantitative estimate of drug-likeness (QED) is 0.630. The number of aliphatic hydroxyl groups excluding tert-OH is 1. The van der Waals surface area contributed by atoms with E-state index in [1.54, 1.807) is 0 Å². The Bertz CT molecular complexity index is 435. The van der Waals surface area contributed by atoms with Crippen molar-refractivity contribution in [2.45, 2.75) is 38.7 Å². The number of nitrogens with two attached hydrogens (primary N) is 1. The van der Waals surface area contributed by atoms with Crippen LogP contribution in [-0.2, 0) is 0 Å². The summed E-state index contributed by atoms with van der Waals surface area (Å²) < 4.78 is 0. The van der Waals surface area contributed by atoms with Crippen LogP contribution in [0.5, 0.6) is 0 Å². The van der Waals surface area contributed by atoms with Crippen molar-refractivity contribution < 1.29 is 9.90 Å². The number of aromatic amines is 1. The topological polar surface area (TPSA) is 104 Å². The number of hydrogen-bond donors (Lipinski definition) is 4. The van der Waals surface area contributed by atoms with Crippen molar-refractivity contribution in [1.29, 1.82) is 0 Å². The van der Waals surface area contributed by atoms with E-state index in [1.165, 1.54) is 0 Å². The smallest absolute Gasteiger partial charge is 0.273 e. The molecule has 6 nitrogen and oxygen atoms in total. The van der Waals surface area contributed by atoms with Crippen molar-refractivity contribution in [3.63, 3.8) is 0 Å². The largest absolute Gasteiger partial charge is 0.395 e. The standard InChI is InChI=1S/C12H20N4O2/c1-6(2)10-9(13)11(16-15-10)12(18)14-5-7-3-8(17)4-7/h6-8,17H,3-5,13H2,1-2H3,(H,14,18)(H,15,16). The molecule has 0 aliphatic heterocycles. The van der Waals surface area contributed by atoms with E-state index >= 15 is 0 Å². The van der Waals surface area contributed by atoms with E-state index in [2.05, 4.69) is 15.5 Å². The molecule has 5 N–H and O–H groups in total. The minimum absolute atomic E-state index is 0.199. The number of hydrogen-bond acceptors (Lipinski definition) is 4. The molecule has 0 unspecified atom stereocenters. The Morgan fingerprint density at radius 3 is 2.78 bits per heavy atom. The number of anilines is 1. The normalized spacial score (nSPS) is 22.9. The molecular weight excluding hydrogens is 232 g/mol. The van der Waals surface area contributed by atoms with E-state index in [9.17, 15) is 4.79 Å². The highest BCUT2D eigenvalue weighted by Crippen LogP contribution is 2.26. The molecule has 100 valence electrons. The van der Waals surface area contributed by atoms with E-state index in [-0.39, 0.29) is 23.6 Å². The molecule has 1 heterocycles. The van der Waals surface area contributed by atoms with Gasteiger partial charge in [-0.05, 0) is 24.7 Å². The van der Waals surface area contributed by atoms with E-state index in [0.29, 0.717) is 18.2 Å². The number of nitrogens with one attached hydrogen (secondary N) is 2. The Kier molecular flexibility index (Phi) is 3.56. The highest BCUT2D eigenvalue weighted by atomic mass is 16.3. The molecule has 1 aliphatic carbocycles. The third kappa shape index (κ3) is 2.48. The first-order valence-corrected chi connectivity index (χ1v) is 6.29. The van der Waals surface area contributed by atoms with Crippen LogP contribution in [0.4, 0.5) is 5.69 Å². The summed E-state index contributed by atoms with van der Waals surface area (Å²) in [5.41, 5.74) is 7.37. The second-order valence-corrected chi connectivity index (χ2v) is 5.26. The average Bonchev–Trinajstić information content (AvgIpc) is 2.64. The fourth-order valence-electron chi connectivity index (χ4n) is 2.17. The second kappa shape index (κ2) is 4.97. The molecule has 0 radical (unpaired) electrons. The van der Waals surface area contributed by atoms with Crippen LogP contribution >= 0.6 is 0 Å². The Morgan fingerprint density at radius 2 is 2.28 bits per heavy atom. The Morgan fingerprint density at radius 1 is 1.61 bits per heavy atom. The van der Waals surface area contributed by atoms with Crippen molar-refractivity contribution in [1.82, 2.24) is 15.5 Å². The number of H-pyrrole nitrogens is 1. The Balaban J connectivity index is 1.92. The summed E-state index contributed by atoms with van der Waals surface area (Å²) in [4.78, 5) is 11.9. The molecule has 0 atom stereocenters. The number of aromatic nitrogens is 2. The molecule has 0 bridgehead atoms. The van der Waals surface area contributed by atoms with Crippen molar-refractivity contribution >= 4 is 11.6 Å². The van der Waals surface area contributed by atoms with Gasteiger partial charge in [0, 0.05) is 6.54 Å². The van der Waals surface area contributed by atoms with Crippen LogP contribution < -0.4 is 11.1 Å². The number of nitrogen functional groups attached to an aromatic ring is 1. The van der Waals surface area contributed by atoms with Crippen LogP contribution in [0.1, 0.15) is 48.8 Å². The predicted octanol–water partition coefficient (Wildman–Crippen LogP) is 0.616.